The molecule has 2 aromatic heterocycles. The molecular weight excluding hydrogens is 228 g/mol. The lowest BCUT2D eigenvalue weighted by atomic mass is 10.2. The van der Waals surface area contributed by atoms with Gasteiger partial charge in [-0.15, -0.1) is 0 Å². The van der Waals surface area contributed by atoms with Crippen molar-refractivity contribution < 1.29 is 4.52 Å². The Morgan fingerprint density at radius 1 is 1.17 bits per heavy atom. The summed E-state index contributed by atoms with van der Waals surface area (Å²) in [5.41, 5.74) is 0.968. The lowest BCUT2D eigenvalue weighted by Crippen LogP contribution is -1.98. The zero-order chi connectivity index (χ0) is 12.2. The number of aryl methyl sites for hydroxylation is 2. The zero-order valence-corrected chi connectivity index (χ0v) is 9.73. The van der Waals surface area contributed by atoms with Gasteiger partial charge in [0.2, 0.25) is 11.7 Å². The zero-order valence-electron chi connectivity index (χ0n) is 9.73. The first kappa shape index (κ1) is 10.7. The molecule has 3 rings (SSSR count). The molecule has 0 aliphatic carbocycles. The van der Waals surface area contributed by atoms with Gasteiger partial charge >= 0.3 is 0 Å². The smallest absolute Gasteiger partial charge is 0.228 e. The molecule has 0 saturated heterocycles. The molecule has 5 heteroatoms. The van der Waals surface area contributed by atoms with Gasteiger partial charge in [-0.3, -0.25) is 0 Å². The summed E-state index contributed by atoms with van der Waals surface area (Å²) in [5.74, 6) is 1.28. The van der Waals surface area contributed by atoms with Crippen molar-refractivity contribution in [1.82, 2.24) is 19.7 Å². The minimum Gasteiger partial charge on any atom is -0.339 e. The van der Waals surface area contributed by atoms with Gasteiger partial charge in [-0.05, 0) is 0 Å². The second-order valence-corrected chi connectivity index (χ2v) is 3.93. The number of nitrogens with zero attached hydrogens (tertiary/aromatic N) is 4. The summed E-state index contributed by atoms with van der Waals surface area (Å²) in [6.07, 6.45) is 6.14. The molecule has 0 saturated carbocycles. The highest BCUT2D eigenvalue weighted by Gasteiger charge is 2.07. The van der Waals surface area contributed by atoms with Crippen molar-refractivity contribution in [2.45, 2.75) is 13.0 Å². The van der Waals surface area contributed by atoms with Crippen LogP contribution in [-0.4, -0.2) is 19.7 Å². The molecule has 0 bridgehead atoms. The summed E-state index contributed by atoms with van der Waals surface area (Å²) in [6.45, 7) is 0.788. The first-order chi connectivity index (χ1) is 8.92. The Kier molecular flexibility index (Phi) is 2.87. The van der Waals surface area contributed by atoms with Crippen molar-refractivity contribution in [3.8, 4) is 11.4 Å². The van der Waals surface area contributed by atoms with Gasteiger partial charge in [0, 0.05) is 30.9 Å². The van der Waals surface area contributed by atoms with Crippen molar-refractivity contribution in [2.24, 2.45) is 0 Å². The molecule has 18 heavy (non-hydrogen) atoms. The van der Waals surface area contributed by atoms with Crippen LogP contribution in [0.2, 0.25) is 0 Å². The van der Waals surface area contributed by atoms with Crippen LogP contribution in [-0.2, 0) is 13.0 Å². The highest BCUT2D eigenvalue weighted by Crippen LogP contribution is 2.14. The molecule has 0 radical (unpaired) electrons. The van der Waals surface area contributed by atoms with E-state index in [2.05, 4.69) is 15.1 Å². The van der Waals surface area contributed by atoms with Crippen LogP contribution in [0.25, 0.3) is 11.4 Å². The molecule has 0 spiro atoms. The number of aromatic nitrogens is 4. The van der Waals surface area contributed by atoms with Crippen molar-refractivity contribution in [2.75, 3.05) is 0 Å². The summed E-state index contributed by atoms with van der Waals surface area (Å²) < 4.78 is 7.20. The van der Waals surface area contributed by atoms with Crippen molar-refractivity contribution >= 4 is 0 Å². The third-order valence-corrected chi connectivity index (χ3v) is 2.64. The normalized spacial score (nSPS) is 10.7. The molecule has 0 fully saturated rings. The number of imidazole rings is 1. The number of hydrogen-bond donors (Lipinski definition) is 0. The van der Waals surface area contributed by atoms with E-state index in [1.54, 1.807) is 12.5 Å². The van der Waals surface area contributed by atoms with Crippen LogP contribution in [0.1, 0.15) is 5.89 Å². The Labute approximate surface area is 104 Å². The van der Waals surface area contributed by atoms with Crippen LogP contribution < -0.4 is 0 Å². The maximum atomic E-state index is 5.22. The van der Waals surface area contributed by atoms with E-state index in [0.29, 0.717) is 18.1 Å². The predicted molar refractivity (Wildman–Crippen MR) is 65.7 cm³/mol. The lowest BCUT2D eigenvalue weighted by molar-refractivity contribution is 0.372. The van der Waals surface area contributed by atoms with E-state index in [1.807, 2.05) is 41.1 Å². The van der Waals surface area contributed by atoms with Gasteiger partial charge in [0.1, 0.15) is 0 Å². The molecular formula is C13H12N4O. The second-order valence-electron chi connectivity index (χ2n) is 3.93. The van der Waals surface area contributed by atoms with E-state index in [1.165, 1.54) is 0 Å². The van der Waals surface area contributed by atoms with E-state index in [0.717, 1.165) is 12.1 Å². The molecule has 0 amide bonds. The Balaban J connectivity index is 1.70. The third-order valence-electron chi connectivity index (χ3n) is 2.64. The van der Waals surface area contributed by atoms with Crippen LogP contribution in [0, 0.1) is 0 Å². The summed E-state index contributed by atoms with van der Waals surface area (Å²) >= 11 is 0. The van der Waals surface area contributed by atoms with Crippen LogP contribution in [0.15, 0.2) is 53.6 Å². The van der Waals surface area contributed by atoms with Gasteiger partial charge in [0.25, 0.3) is 0 Å². The standard InChI is InChI=1S/C13H12N4O/c1-2-4-11(5-3-1)13-15-12(18-16-13)6-8-17-9-7-14-10-17/h1-5,7,9-10H,6,8H2. The van der Waals surface area contributed by atoms with Gasteiger partial charge in [-0.1, -0.05) is 35.5 Å². The Morgan fingerprint density at radius 2 is 2.06 bits per heavy atom. The topological polar surface area (TPSA) is 56.7 Å². The molecule has 3 aromatic rings. The van der Waals surface area contributed by atoms with Gasteiger partial charge in [-0.25, -0.2) is 4.98 Å². The molecule has 1 aromatic carbocycles. The van der Waals surface area contributed by atoms with Gasteiger partial charge in [0.15, 0.2) is 0 Å². The van der Waals surface area contributed by atoms with Crippen LogP contribution in [0.4, 0.5) is 0 Å². The molecule has 90 valence electrons. The summed E-state index contributed by atoms with van der Waals surface area (Å²) in [6, 6.07) is 9.80. The fourth-order valence-electron chi connectivity index (χ4n) is 1.70. The van der Waals surface area contributed by atoms with E-state index in [4.69, 9.17) is 4.52 Å². The van der Waals surface area contributed by atoms with E-state index in [9.17, 15) is 0 Å². The minimum atomic E-state index is 0.635. The first-order valence-corrected chi connectivity index (χ1v) is 5.75. The average molecular weight is 240 g/mol. The molecule has 0 aliphatic rings. The molecule has 0 unspecified atom stereocenters. The highest BCUT2D eigenvalue weighted by molar-refractivity contribution is 5.53. The van der Waals surface area contributed by atoms with Crippen LogP contribution in [0.5, 0.6) is 0 Å². The number of hydrogen-bond acceptors (Lipinski definition) is 4. The van der Waals surface area contributed by atoms with Crippen molar-refractivity contribution in [1.29, 1.82) is 0 Å². The van der Waals surface area contributed by atoms with Gasteiger partial charge in [0.05, 0.1) is 6.33 Å². The van der Waals surface area contributed by atoms with E-state index < -0.39 is 0 Å². The third kappa shape index (κ3) is 2.29. The Bertz CT molecular complexity index is 601. The molecule has 2 heterocycles. The SMILES string of the molecule is c1ccc(-c2noc(CCn3ccnc3)n2)cc1. The van der Waals surface area contributed by atoms with Gasteiger partial charge < -0.3 is 9.09 Å². The fraction of sp³-hybridized carbons (Fsp3) is 0.154. The monoisotopic (exact) mass is 240 g/mol. The van der Waals surface area contributed by atoms with Crippen molar-refractivity contribution in [3.05, 3.63) is 54.9 Å². The number of benzene rings is 1. The maximum Gasteiger partial charge on any atom is 0.228 e. The average Bonchev–Trinajstić information content (AvgIpc) is 3.09. The quantitative estimate of drug-likeness (QED) is 0.701. The lowest BCUT2D eigenvalue weighted by Gasteiger charge is -1.96. The Hall–Kier alpha value is -2.43. The predicted octanol–water partition coefficient (Wildman–Crippen LogP) is 2.18. The molecule has 0 N–H and O–H groups in total. The second kappa shape index (κ2) is 4.83. The molecule has 0 atom stereocenters. The van der Waals surface area contributed by atoms with Crippen LogP contribution >= 0.6 is 0 Å². The van der Waals surface area contributed by atoms with E-state index >= 15 is 0 Å². The maximum absolute atomic E-state index is 5.22. The van der Waals surface area contributed by atoms with E-state index in [-0.39, 0.29) is 0 Å². The summed E-state index contributed by atoms with van der Waals surface area (Å²) in [4.78, 5) is 8.35. The van der Waals surface area contributed by atoms with Crippen molar-refractivity contribution in [3.63, 3.8) is 0 Å². The summed E-state index contributed by atoms with van der Waals surface area (Å²) in [5, 5.41) is 3.98. The van der Waals surface area contributed by atoms with Gasteiger partial charge in [-0.2, -0.15) is 4.98 Å². The first-order valence-electron chi connectivity index (χ1n) is 5.75. The highest BCUT2D eigenvalue weighted by atomic mass is 16.5. The number of rotatable bonds is 4. The summed E-state index contributed by atoms with van der Waals surface area (Å²) in [7, 11) is 0. The minimum absolute atomic E-state index is 0.635. The molecule has 5 nitrogen and oxygen atoms in total. The Morgan fingerprint density at radius 3 is 2.83 bits per heavy atom. The molecule has 0 aliphatic heterocycles. The fourth-order valence-corrected chi connectivity index (χ4v) is 1.70. The largest absolute Gasteiger partial charge is 0.339 e. The van der Waals surface area contributed by atoms with Crippen LogP contribution in [0.3, 0.4) is 0 Å².